The molecule has 1 atom stereocenters. The fourth-order valence-corrected chi connectivity index (χ4v) is 5.05. The first-order chi connectivity index (χ1) is 15.1. The van der Waals surface area contributed by atoms with Gasteiger partial charge >= 0.3 is 0 Å². The number of carbonyl (C=O) groups excluding carboxylic acids is 1. The van der Waals surface area contributed by atoms with Gasteiger partial charge in [-0.1, -0.05) is 22.0 Å². The molecule has 2 heterocycles. The van der Waals surface area contributed by atoms with Crippen molar-refractivity contribution in [2.75, 3.05) is 55.7 Å². The predicted octanol–water partition coefficient (Wildman–Crippen LogP) is 4.65. The quantitative estimate of drug-likeness (QED) is 0.596. The summed E-state index contributed by atoms with van der Waals surface area (Å²) in [4.78, 5) is 19.7. The minimum absolute atomic E-state index is 0.130. The van der Waals surface area contributed by atoms with Crippen molar-refractivity contribution in [3.05, 3.63) is 58.1 Å². The molecule has 31 heavy (non-hydrogen) atoms. The number of benzene rings is 2. The number of hydrogen-bond donors (Lipinski definition) is 0. The van der Waals surface area contributed by atoms with Crippen molar-refractivity contribution in [2.45, 2.75) is 32.8 Å². The van der Waals surface area contributed by atoms with Crippen LogP contribution >= 0.6 is 15.9 Å². The molecule has 0 spiro atoms. The highest BCUT2D eigenvalue weighted by molar-refractivity contribution is 9.10. The molecule has 1 unspecified atom stereocenters. The summed E-state index contributed by atoms with van der Waals surface area (Å²) >= 11 is 3.54. The molecule has 1 saturated heterocycles. The Morgan fingerprint density at radius 2 is 1.77 bits per heavy atom. The summed E-state index contributed by atoms with van der Waals surface area (Å²) in [6, 6.07) is 15.1. The van der Waals surface area contributed by atoms with Crippen LogP contribution in [0.2, 0.25) is 0 Å². The van der Waals surface area contributed by atoms with Gasteiger partial charge in [-0.25, -0.2) is 0 Å². The third-order valence-corrected chi connectivity index (χ3v) is 6.97. The Bertz CT molecular complexity index is 890. The lowest BCUT2D eigenvalue weighted by Gasteiger charge is -2.37. The molecular weight excluding hydrogens is 454 g/mol. The van der Waals surface area contributed by atoms with Crippen LogP contribution in [0.25, 0.3) is 0 Å². The Morgan fingerprint density at radius 3 is 2.45 bits per heavy atom. The number of halogens is 1. The Morgan fingerprint density at radius 1 is 1.06 bits per heavy atom. The van der Waals surface area contributed by atoms with Crippen molar-refractivity contribution >= 4 is 33.2 Å². The van der Waals surface area contributed by atoms with Crippen molar-refractivity contribution in [3.8, 4) is 0 Å². The number of rotatable bonds is 6. The van der Waals surface area contributed by atoms with Gasteiger partial charge < -0.3 is 19.4 Å². The summed E-state index contributed by atoms with van der Waals surface area (Å²) in [6.07, 6.45) is 1.20. The number of ether oxygens (including phenoxy) is 1. The van der Waals surface area contributed by atoms with E-state index in [0.717, 1.165) is 55.7 Å². The van der Waals surface area contributed by atoms with Gasteiger partial charge in [0.05, 0.1) is 19.1 Å². The van der Waals surface area contributed by atoms with Crippen molar-refractivity contribution in [2.24, 2.45) is 0 Å². The van der Waals surface area contributed by atoms with E-state index >= 15 is 0 Å². The molecule has 1 amide bonds. The number of amides is 1. The van der Waals surface area contributed by atoms with Crippen LogP contribution in [0.1, 0.15) is 37.5 Å². The van der Waals surface area contributed by atoms with Gasteiger partial charge in [0.1, 0.15) is 0 Å². The lowest BCUT2D eigenvalue weighted by molar-refractivity contribution is -0.135. The Balaban J connectivity index is 1.33. The lowest BCUT2D eigenvalue weighted by Crippen LogP contribution is -2.49. The number of anilines is 2. The molecule has 0 radical (unpaired) electrons. The molecule has 0 saturated carbocycles. The number of hydrogen-bond acceptors (Lipinski definition) is 4. The largest absolute Gasteiger partial charge is 0.373 e. The summed E-state index contributed by atoms with van der Waals surface area (Å²) in [5.74, 6) is 0.192. The monoisotopic (exact) mass is 485 g/mol. The summed E-state index contributed by atoms with van der Waals surface area (Å²) in [5, 5.41) is 0. The highest BCUT2D eigenvalue weighted by Gasteiger charge is 2.28. The first-order valence-electron chi connectivity index (χ1n) is 11.4. The molecule has 2 aromatic rings. The smallest absolute Gasteiger partial charge is 0.225 e. The second-order valence-electron chi connectivity index (χ2n) is 8.21. The average Bonchev–Trinajstić information content (AvgIpc) is 2.80. The van der Waals surface area contributed by atoms with Crippen LogP contribution in [0.15, 0.2) is 46.9 Å². The molecule has 0 N–H and O–H groups in total. The Hall–Kier alpha value is -2.05. The van der Waals surface area contributed by atoms with Gasteiger partial charge in [-0.15, -0.1) is 0 Å². The van der Waals surface area contributed by atoms with Gasteiger partial charge in [0.2, 0.25) is 5.91 Å². The molecule has 4 rings (SSSR count). The molecule has 2 aromatic carbocycles. The second-order valence-corrected chi connectivity index (χ2v) is 9.13. The first kappa shape index (κ1) is 22.2. The summed E-state index contributed by atoms with van der Waals surface area (Å²) in [6.45, 7) is 10.3. The third kappa shape index (κ3) is 5.07. The highest BCUT2D eigenvalue weighted by Crippen LogP contribution is 2.32. The zero-order chi connectivity index (χ0) is 21.8. The molecule has 2 aliphatic rings. The minimum Gasteiger partial charge on any atom is -0.373 e. The number of nitrogens with zero attached hydrogens (tertiary/aromatic N) is 3. The van der Waals surface area contributed by atoms with Gasteiger partial charge in [0.15, 0.2) is 0 Å². The standard InChI is InChI=1S/C25H32BrN3O2/c1-3-27(4-2)21-6-8-22(9-7-21)28-12-14-29(15-13-28)25(30)18-24-23-10-5-20(26)17-19(23)11-16-31-24/h5-10,17,24H,3-4,11-16,18H2,1-2H3. The van der Waals surface area contributed by atoms with E-state index < -0.39 is 0 Å². The van der Waals surface area contributed by atoms with Gasteiger partial charge in [0.25, 0.3) is 0 Å². The molecule has 0 aliphatic carbocycles. The summed E-state index contributed by atoms with van der Waals surface area (Å²) < 4.78 is 7.05. The second kappa shape index (κ2) is 10.0. The van der Waals surface area contributed by atoms with Crippen molar-refractivity contribution < 1.29 is 9.53 Å². The van der Waals surface area contributed by atoms with Gasteiger partial charge in [0, 0.05) is 55.1 Å². The average molecular weight is 486 g/mol. The zero-order valence-corrected chi connectivity index (χ0v) is 20.1. The third-order valence-electron chi connectivity index (χ3n) is 6.48. The number of fused-ring (bicyclic) bond motifs is 1. The topological polar surface area (TPSA) is 36.0 Å². The molecular formula is C25H32BrN3O2. The Labute approximate surface area is 194 Å². The van der Waals surface area contributed by atoms with Gasteiger partial charge in [-0.2, -0.15) is 0 Å². The highest BCUT2D eigenvalue weighted by atomic mass is 79.9. The van der Waals surface area contributed by atoms with Crippen molar-refractivity contribution in [1.82, 2.24) is 4.90 Å². The zero-order valence-electron chi connectivity index (χ0n) is 18.5. The molecule has 0 bridgehead atoms. The van der Waals surface area contributed by atoms with E-state index in [4.69, 9.17) is 4.74 Å². The predicted molar refractivity (Wildman–Crippen MR) is 130 cm³/mol. The van der Waals surface area contributed by atoms with Gasteiger partial charge in [-0.3, -0.25) is 4.79 Å². The minimum atomic E-state index is -0.130. The van der Waals surface area contributed by atoms with Gasteiger partial charge in [-0.05, 0) is 67.8 Å². The maximum Gasteiger partial charge on any atom is 0.225 e. The van der Waals surface area contributed by atoms with Crippen LogP contribution in [0.3, 0.4) is 0 Å². The molecule has 166 valence electrons. The maximum atomic E-state index is 13.0. The molecule has 5 nitrogen and oxygen atoms in total. The van der Waals surface area contributed by atoms with Crippen LogP contribution in [-0.2, 0) is 16.0 Å². The fraction of sp³-hybridized carbons (Fsp3) is 0.480. The van der Waals surface area contributed by atoms with Crippen LogP contribution in [-0.4, -0.2) is 56.7 Å². The lowest BCUT2D eigenvalue weighted by atomic mass is 9.95. The number of piperazine rings is 1. The molecule has 0 aromatic heterocycles. The normalized spacial score (nSPS) is 18.6. The van der Waals surface area contributed by atoms with Crippen LogP contribution < -0.4 is 9.80 Å². The number of carbonyl (C=O) groups is 1. The Kier molecular flexibility index (Phi) is 7.18. The maximum absolute atomic E-state index is 13.0. The van der Waals surface area contributed by atoms with E-state index in [1.54, 1.807) is 0 Å². The SMILES string of the molecule is CCN(CC)c1ccc(N2CCN(C(=O)CC3OCCc4cc(Br)ccc43)CC2)cc1. The summed E-state index contributed by atoms with van der Waals surface area (Å²) in [7, 11) is 0. The van der Waals surface area contributed by atoms with Crippen molar-refractivity contribution in [3.63, 3.8) is 0 Å². The van der Waals surface area contributed by atoms with Crippen LogP contribution in [0, 0.1) is 0 Å². The molecule has 6 heteroatoms. The van der Waals surface area contributed by atoms with Crippen LogP contribution in [0.5, 0.6) is 0 Å². The fourth-order valence-electron chi connectivity index (χ4n) is 4.64. The molecule has 2 aliphatic heterocycles. The van der Waals surface area contributed by atoms with Crippen molar-refractivity contribution in [1.29, 1.82) is 0 Å². The van der Waals surface area contributed by atoms with E-state index in [1.165, 1.54) is 16.9 Å². The first-order valence-corrected chi connectivity index (χ1v) is 12.2. The molecule has 1 fully saturated rings. The van der Waals surface area contributed by atoms with Crippen LogP contribution in [0.4, 0.5) is 11.4 Å². The van der Waals surface area contributed by atoms with E-state index in [1.807, 2.05) is 11.0 Å². The van der Waals surface area contributed by atoms with E-state index in [2.05, 4.69) is 76.0 Å². The summed E-state index contributed by atoms with van der Waals surface area (Å²) in [5.41, 5.74) is 4.95. The van der Waals surface area contributed by atoms with E-state index in [9.17, 15) is 4.79 Å². The van der Waals surface area contributed by atoms with E-state index in [0.29, 0.717) is 13.0 Å². The van der Waals surface area contributed by atoms with E-state index in [-0.39, 0.29) is 12.0 Å².